The number of carbonyl (C=O) groups excluding carboxylic acids is 1. The van der Waals surface area contributed by atoms with Crippen molar-refractivity contribution in [3.05, 3.63) is 65.5 Å². The number of benzene rings is 2. The molecule has 1 N–H and O–H groups in total. The van der Waals surface area contributed by atoms with E-state index in [1.807, 2.05) is 24.3 Å². The molecule has 8 heteroatoms. The van der Waals surface area contributed by atoms with Gasteiger partial charge in [0.15, 0.2) is 0 Å². The molecule has 2 aromatic carbocycles. The van der Waals surface area contributed by atoms with E-state index in [1.165, 1.54) is 29.2 Å². The molecular weight excluding hydrogens is 431 g/mol. The number of rotatable bonds is 8. The Bertz CT molecular complexity index is 904. The summed E-state index contributed by atoms with van der Waals surface area (Å²) in [5, 5.41) is 2.77. The first-order chi connectivity index (χ1) is 15.6. The molecule has 1 fully saturated rings. The molecule has 1 heterocycles. The van der Waals surface area contributed by atoms with E-state index in [1.54, 1.807) is 11.9 Å². The van der Waals surface area contributed by atoms with Gasteiger partial charge in [-0.15, -0.1) is 0 Å². The molecule has 0 bridgehead atoms. The highest BCUT2D eigenvalue weighted by Crippen LogP contribution is 2.32. The summed E-state index contributed by atoms with van der Waals surface area (Å²) in [7, 11) is 1.64. The molecule has 0 aromatic heterocycles. The van der Waals surface area contributed by atoms with Crippen LogP contribution in [0, 0.1) is 11.7 Å². The van der Waals surface area contributed by atoms with Crippen LogP contribution in [0.2, 0.25) is 0 Å². The fourth-order valence-electron chi connectivity index (χ4n) is 3.84. The first-order valence-corrected chi connectivity index (χ1v) is 11.2. The highest BCUT2D eigenvalue weighted by Gasteiger charge is 2.48. The molecule has 3 rings (SSSR count). The normalized spacial score (nSPS) is 18.2. The number of hydrogen-bond donors (Lipinski definition) is 1. The lowest BCUT2D eigenvalue weighted by Crippen LogP contribution is -2.60. The van der Waals surface area contributed by atoms with Gasteiger partial charge in [0.2, 0.25) is 0 Å². The van der Waals surface area contributed by atoms with Gasteiger partial charge in [-0.3, -0.25) is 0 Å². The third kappa shape index (κ3) is 7.12. The molecule has 0 unspecified atom stereocenters. The summed E-state index contributed by atoms with van der Waals surface area (Å²) in [4.78, 5) is 15.8. The molecule has 0 radical (unpaired) electrons. The van der Waals surface area contributed by atoms with E-state index >= 15 is 0 Å². The van der Waals surface area contributed by atoms with Crippen LogP contribution in [0.5, 0.6) is 5.75 Å². The smallest absolute Gasteiger partial charge is 0.318 e. The topological polar surface area (TPSA) is 44.8 Å². The van der Waals surface area contributed by atoms with Gasteiger partial charge in [0.1, 0.15) is 11.6 Å². The number of amides is 2. The molecular formula is C25H32F3N3O2. The standard InChI is InChI=1S/C25H32F3N3O2/c1-18(2)16-33-22-10-6-19(7-11-22)14-29-24(32)31(15-20-4-8-21(26)9-5-20)23-12-13-30(3)17-25(23,27)28/h4-11,18,23H,12-17H2,1-3H3,(H,29,32)/t23-/m0/s1. The van der Waals surface area contributed by atoms with Crippen molar-refractivity contribution < 1.29 is 22.7 Å². The van der Waals surface area contributed by atoms with Crippen molar-refractivity contribution in [2.45, 2.75) is 45.3 Å². The predicted octanol–water partition coefficient (Wildman–Crippen LogP) is 4.91. The Morgan fingerprint density at radius 2 is 1.79 bits per heavy atom. The van der Waals surface area contributed by atoms with E-state index in [4.69, 9.17) is 4.74 Å². The van der Waals surface area contributed by atoms with Gasteiger partial charge in [-0.25, -0.2) is 18.0 Å². The van der Waals surface area contributed by atoms with Gasteiger partial charge in [0.25, 0.3) is 5.92 Å². The Kier molecular flexibility index (Phi) is 8.24. The number of urea groups is 1. The third-order valence-corrected chi connectivity index (χ3v) is 5.61. The number of nitrogens with one attached hydrogen (secondary N) is 1. The number of halogens is 3. The molecule has 1 aliphatic rings. The van der Waals surface area contributed by atoms with Crippen molar-refractivity contribution in [2.24, 2.45) is 5.92 Å². The van der Waals surface area contributed by atoms with Crippen LogP contribution in [0.25, 0.3) is 0 Å². The fourth-order valence-corrected chi connectivity index (χ4v) is 3.84. The van der Waals surface area contributed by atoms with Crippen LogP contribution in [0.1, 0.15) is 31.4 Å². The van der Waals surface area contributed by atoms with Crippen molar-refractivity contribution in [1.29, 1.82) is 0 Å². The van der Waals surface area contributed by atoms with Gasteiger partial charge in [-0.05, 0) is 54.8 Å². The van der Waals surface area contributed by atoms with Gasteiger partial charge >= 0.3 is 6.03 Å². The maximum Gasteiger partial charge on any atom is 0.318 e. The minimum absolute atomic E-state index is 0.0297. The third-order valence-electron chi connectivity index (χ3n) is 5.61. The number of piperidine rings is 1. The summed E-state index contributed by atoms with van der Waals surface area (Å²) in [5.74, 6) is -2.32. The van der Waals surface area contributed by atoms with Crippen LogP contribution in [-0.4, -0.2) is 54.5 Å². The summed E-state index contributed by atoms with van der Waals surface area (Å²) >= 11 is 0. The van der Waals surface area contributed by atoms with Crippen LogP contribution in [0.4, 0.5) is 18.0 Å². The molecule has 33 heavy (non-hydrogen) atoms. The summed E-state index contributed by atoms with van der Waals surface area (Å²) < 4.78 is 48.8. The summed E-state index contributed by atoms with van der Waals surface area (Å²) in [6, 6.07) is 11.1. The Labute approximate surface area is 193 Å². The van der Waals surface area contributed by atoms with Gasteiger partial charge < -0.3 is 19.9 Å². The number of alkyl halides is 2. The Morgan fingerprint density at radius 3 is 2.39 bits per heavy atom. The quantitative estimate of drug-likeness (QED) is 0.605. The molecule has 180 valence electrons. The van der Waals surface area contributed by atoms with Crippen LogP contribution in [-0.2, 0) is 13.1 Å². The molecule has 0 aliphatic carbocycles. The second kappa shape index (κ2) is 10.9. The number of ether oxygens (including phenoxy) is 1. The van der Waals surface area contributed by atoms with E-state index in [2.05, 4.69) is 19.2 Å². The van der Waals surface area contributed by atoms with Crippen molar-refractivity contribution in [3.8, 4) is 5.75 Å². The average molecular weight is 464 g/mol. The molecule has 5 nitrogen and oxygen atoms in total. The lowest BCUT2D eigenvalue weighted by atomic mass is 9.98. The zero-order valence-electron chi connectivity index (χ0n) is 19.4. The van der Waals surface area contributed by atoms with E-state index in [0.29, 0.717) is 24.6 Å². The molecule has 2 aromatic rings. The molecule has 0 saturated carbocycles. The summed E-state index contributed by atoms with van der Waals surface area (Å²) in [5.41, 5.74) is 1.42. The maximum atomic E-state index is 14.9. The van der Waals surface area contributed by atoms with Crippen LogP contribution >= 0.6 is 0 Å². The van der Waals surface area contributed by atoms with Crippen LogP contribution < -0.4 is 10.1 Å². The van der Waals surface area contributed by atoms with Gasteiger partial charge in [0, 0.05) is 19.6 Å². The SMILES string of the molecule is CC(C)COc1ccc(CNC(=O)N(Cc2ccc(F)cc2)[C@H]2CCN(C)CC2(F)F)cc1. The van der Waals surface area contributed by atoms with Crippen molar-refractivity contribution >= 4 is 6.03 Å². The second-order valence-electron chi connectivity index (χ2n) is 9.07. The summed E-state index contributed by atoms with van der Waals surface area (Å²) in [6.45, 7) is 4.96. The van der Waals surface area contributed by atoms with Gasteiger partial charge in [-0.1, -0.05) is 38.1 Å². The zero-order chi connectivity index (χ0) is 24.0. The second-order valence-corrected chi connectivity index (χ2v) is 9.07. The number of nitrogens with zero attached hydrogens (tertiary/aromatic N) is 2. The highest BCUT2D eigenvalue weighted by atomic mass is 19.3. The number of carbonyl (C=O) groups is 1. The minimum Gasteiger partial charge on any atom is -0.493 e. The first-order valence-electron chi connectivity index (χ1n) is 11.2. The molecule has 1 aliphatic heterocycles. The predicted molar refractivity (Wildman–Crippen MR) is 122 cm³/mol. The lowest BCUT2D eigenvalue weighted by Gasteiger charge is -2.42. The van der Waals surface area contributed by atoms with E-state index < -0.39 is 30.4 Å². The molecule has 0 spiro atoms. The number of hydrogen-bond acceptors (Lipinski definition) is 3. The first kappa shape index (κ1) is 24.9. The van der Waals surface area contributed by atoms with Crippen LogP contribution in [0.3, 0.4) is 0 Å². The highest BCUT2D eigenvalue weighted by molar-refractivity contribution is 5.74. The Hall–Kier alpha value is -2.74. The zero-order valence-corrected chi connectivity index (χ0v) is 19.4. The van der Waals surface area contributed by atoms with Crippen molar-refractivity contribution in [1.82, 2.24) is 15.1 Å². The summed E-state index contributed by atoms with van der Waals surface area (Å²) in [6.07, 6.45) is 0.153. The lowest BCUT2D eigenvalue weighted by molar-refractivity contribution is -0.113. The van der Waals surface area contributed by atoms with Crippen LogP contribution in [0.15, 0.2) is 48.5 Å². The van der Waals surface area contributed by atoms with Gasteiger partial charge in [0.05, 0.1) is 19.2 Å². The Balaban J connectivity index is 1.70. The molecule has 1 saturated heterocycles. The Morgan fingerprint density at radius 1 is 1.15 bits per heavy atom. The molecule has 1 atom stereocenters. The monoisotopic (exact) mass is 463 g/mol. The largest absolute Gasteiger partial charge is 0.493 e. The fraction of sp³-hybridized carbons (Fsp3) is 0.480. The van der Waals surface area contributed by atoms with Crippen molar-refractivity contribution in [3.63, 3.8) is 0 Å². The van der Waals surface area contributed by atoms with E-state index in [0.717, 1.165) is 11.3 Å². The van der Waals surface area contributed by atoms with Gasteiger partial charge in [-0.2, -0.15) is 0 Å². The van der Waals surface area contributed by atoms with E-state index in [9.17, 15) is 18.0 Å². The van der Waals surface area contributed by atoms with Crippen molar-refractivity contribution in [2.75, 3.05) is 26.7 Å². The average Bonchev–Trinajstić information content (AvgIpc) is 2.76. The van der Waals surface area contributed by atoms with E-state index in [-0.39, 0.29) is 19.5 Å². The number of likely N-dealkylation sites (tertiary alicyclic amines) is 1. The molecule has 2 amide bonds. The minimum atomic E-state index is -3.06. The maximum absolute atomic E-state index is 14.9.